The second-order valence-electron chi connectivity index (χ2n) is 7.33. The van der Waals surface area contributed by atoms with Gasteiger partial charge in [0.15, 0.2) is 0 Å². The predicted octanol–water partition coefficient (Wildman–Crippen LogP) is 5.73. The van der Waals surface area contributed by atoms with Gasteiger partial charge in [0, 0.05) is 15.6 Å². The Kier molecular flexibility index (Phi) is 6.37. The molecule has 3 heteroatoms. The molecule has 1 nitrogen and oxygen atoms in total. The maximum atomic E-state index is 6.22. The predicted molar refractivity (Wildman–Crippen MR) is 90.9 cm³/mol. The van der Waals surface area contributed by atoms with E-state index in [0.29, 0.717) is 5.41 Å². The Hall–Kier alpha value is -0.240. The van der Waals surface area contributed by atoms with Crippen LogP contribution in [0.5, 0.6) is 0 Å². The number of nitrogens with one attached hydrogen (secondary N) is 1. The zero-order valence-corrected chi connectivity index (χ0v) is 14.8. The zero-order valence-electron chi connectivity index (χ0n) is 13.3. The number of aryl methyl sites for hydroxylation is 1. The summed E-state index contributed by atoms with van der Waals surface area (Å²) >= 11 is 12.3. The Morgan fingerprint density at radius 3 is 2.25 bits per heavy atom. The van der Waals surface area contributed by atoms with E-state index in [1.807, 2.05) is 18.2 Å². The molecule has 20 heavy (non-hydrogen) atoms. The smallest absolute Gasteiger partial charge is 0.0439 e. The van der Waals surface area contributed by atoms with Gasteiger partial charge < -0.3 is 5.32 Å². The third-order valence-corrected chi connectivity index (χ3v) is 4.14. The Labute approximate surface area is 134 Å². The first-order valence-electron chi connectivity index (χ1n) is 7.28. The Bertz CT molecular complexity index is 433. The number of benzene rings is 1. The fourth-order valence-electron chi connectivity index (χ4n) is 2.11. The molecule has 0 atom stereocenters. The summed E-state index contributed by atoms with van der Waals surface area (Å²) in [6.45, 7) is 12.3. The van der Waals surface area contributed by atoms with Crippen LogP contribution in [-0.4, -0.2) is 12.1 Å². The van der Waals surface area contributed by atoms with E-state index >= 15 is 0 Å². The highest BCUT2D eigenvalue weighted by Crippen LogP contribution is 2.29. The second-order valence-corrected chi connectivity index (χ2v) is 8.17. The molecule has 0 bridgehead atoms. The summed E-state index contributed by atoms with van der Waals surface area (Å²) in [7, 11) is 0. The van der Waals surface area contributed by atoms with Crippen LogP contribution in [0.3, 0.4) is 0 Å². The molecule has 0 aliphatic carbocycles. The zero-order chi connectivity index (χ0) is 15.4. The Morgan fingerprint density at radius 1 is 1.00 bits per heavy atom. The van der Waals surface area contributed by atoms with Crippen LogP contribution >= 0.6 is 23.2 Å². The minimum Gasteiger partial charge on any atom is -0.312 e. The van der Waals surface area contributed by atoms with Gasteiger partial charge in [0.1, 0.15) is 0 Å². The normalized spacial score (nSPS) is 12.8. The molecular weight excluding hydrogens is 289 g/mol. The van der Waals surface area contributed by atoms with E-state index in [4.69, 9.17) is 23.2 Å². The van der Waals surface area contributed by atoms with Crippen molar-refractivity contribution in [3.05, 3.63) is 33.8 Å². The van der Waals surface area contributed by atoms with Crippen LogP contribution in [-0.2, 0) is 6.42 Å². The summed E-state index contributed by atoms with van der Waals surface area (Å²) in [5.41, 5.74) is 1.63. The van der Waals surface area contributed by atoms with Gasteiger partial charge in [0.2, 0.25) is 0 Å². The lowest BCUT2D eigenvalue weighted by atomic mass is 9.83. The first kappa shape index (κ1) is 17.8. The molecule has 0 unspecified atom stereocenters. The van der Waals surface area contributed by atoms with Crippen molar-refractivity contribution in [1.29, 1.82) is 0 Å². The SMILES string of the molecule is CC(C)(CCNC(C)(C)C)CCc1cc(Cl)ccc1Cl. The van der Waals surface area contributed by atoms with Crippen molar-refractivity contribution >= 4 is 23.2 Å². The Balaban J connectivity index is 2.48. The average Bonchev–Trinajstić information content (AvgIpc) is 2.28. The van der Waals surface area contributed by atoms with Crippen LogP contribution < -0.4 is 5.32 Å². The summed E-state index contributed by atoms with van der Waals surface area (Å²) in [6.07, 6.45) is 3.24. The van der Waals surface area contributed by atoms with E-state index in [2.05, 4.69) is 39.9 Å². The number of halogens is 2. The van der Waals surface area contributed by atoms with Crippen molar-refractivity contribution in [3.8, 4) is 0 Å². The van der Waals surface area contributed by atoms with Gasteiger partial charge in [-0.2, -0.15) is 0 Å². The molecule has 1 aromatic carbocycles. The molecule has 1 N–H and O–H groups in total. The van der Waals surface area contributed by atoms with Crippen LogP contribution in [0.15, 0.2) is 18.2 Å². The molecule has 0 saturated heterocycles. The lowest BCUT2D eigenvalue weighted by Crippen LogP contribution is -2.38. The van der Waals surface area contributed by atoms with Gasteiger partial charge in [-0.1, -0.05) is 37.0 Å². The minimum atomic E-state index is 0.187. The highest BCUT2D eigenvalue weighted by molar-refractivity contribution is 6.33. The maximum Gasteiger partial charge on any atom is 0.0439 e. The monoisotopic (exact) mass is 315 g/mol. The van der Waals surface area contributed by atoms with Crippen molar-refractivity contribution in [2.24, 2.45) is 5.41 Å². The van der Waals surface area contributed by atoms with Crippen molar-refractivity contribution in [2.45, 2.75) is 59.4 Å². The topological polar surface area (TPSA) is 12.0 Å². The fraction of sp³-hybridized carbons (Fsp3) is 0.647. The highest BCUT2D eigenvalue weighted by atomic mass is 35.5. The molecule has 0 fully saturated rings. The molecule has 0 amide bonds. The van der Waals surface area contributed by atoms with Gasteiger partial charge in [0.05, 0.1) is 0 Å². The number of hydrogen-bond acceptors (Lipinski definition) is 1. The van der Waals surface area contributed by atoms with Gasteiger partial charge in [-0.25, -0.2) is 0 Å². The van der Waals surface area contributed by atoms with E-state index in [9.17, 15) is 0 Å². The second kappa shape index (κ2) is 7.15. The van der Waals surface area contributed by atoms with E-state index in [1.54, 1.807) is 0 Å². The van der Waals surface area contributed by atoms with Crippen molar-refractivity contribution in [2.75, 3.05) is 6.54 Å². The highest BCUT2D eigenvalue weighted by Gasteiger charge is 2.19. The summed E-state index contributed by atoms with van der Waals surface area (Å²) in [6, 6.07) is 5.70. The lowest BCUT2D eigenvalue weighted by molar-refractivity contribution is 0.284. The number of hydrogen-bond donors (Lipinski definition) is 1. The van der Waals surface area contributed by atoms with Crippen LogP contribution in [0.4, 0.5) is 0 Å². The van der Waals surface area contributed by atoms with Crippen LogP contribution in [0, 0.1) is 5.41 Å². The van der Waals surface area contributed by atoms with E-state index < -0.39 is 0 Å². The lowest BCUT2D eigenvalue weighted by Gasteiger charge is -2.28. The van der Waals surface area contributed by atoms with Gasteiger partial charge in [-0.15, -0.1) is 0 Å². The number of rotatable bonds is 6. The first-order chi connectivity index (χ1) is 9.09. The minimum absolute atomic E-state index is 0.187. The van der Waals surface area contributed by atoms with Crippen molar-refractivity contribution in [3.63, 3.8) is 0 Å². The molecule has 0 radical (unpaired) electrons. The Morgan fingerprint density at radius 2 is 1.65 bits per heavy atom. The van der Waals surface area contributed by atoms with Crippen LogP contribution in [0.25, 0.3) is 0 Å². The molecular formula is C17H27Cl2N. The van der Waals surface area contributed by atoms with Gasteiger partial charge in [-0.05, 0) is 75.8 Å². The molecule has 0 aromatic heterocycles. The maximum absolute atomic E-state index is 6.22. The van der Waals surface area contributed by atoms with Gasteiger partial charge in [-0.3, -0.25) is 0 Å². The summed E-state index contributed by atoms with van der Waals surface area (Å²) in [5.74, 6) is 0. The van der Waals surface area contributed by atoms with E-state index in [-0.39, 0.29) is 5.54 Å². The first-order valence-corrected chi connectivity index (χ1v) is 8.04. The van der Waals surface area contributed by atoms with Gasteiger partial charge >= 0.3 is 0 Å². The molecule has 1 aromatic rings. The average molecular weight is 316 g/mol. The molecule has 0 aliphatic rings. The van der Waals surface area contributed by atoms with Gasteiger partial charge in [0.25, 0.3) is 0 Å². The van der Waals surface area contributed by atoms with E-state index in [0.717, 1.165) is 41.4 Å². The third-order valence-electron chi connectivity index (χ3n) is 3.54. The van der Waals surface area contributed by atoms with Crippen molar-refractivity contribution < 1.29 is 0 Å². The molecule has 114 valence electrons. The molecule has 0 saturated carbocycles. The molecule has 0 aliphatic heterocycles. The standard InChI is InChI=1S/C17H27Cl2N/c1-16(2,3)20-11-10-17(4,5)9-8-13-12-14(18)6-7-15(13)19/h6-7,12,20H,8-11H2,1-5H3. The summed E-state index contributed by atoms with van der Waals surface area (Å²) in [4.78, 5) is 0. The van der Waals surface area contributed by atoms with E-state index in [1.165, 1.54) is 0 Å². The largest absolute Gasteiger partial charge is 0.312 e. The van der Waals surface area contributed by atoms with Crippen LogP contribution in [0.1, 0.15) is 53.0 Å². The molecule has 0 spiro atoms. The third kappa shape index (κ3) is 6.97. The van der Waals surface area contributed by atoms with Crippen LogP contribution in [0.2, 0.25) is 10.0 Å². The van der Waals surface area contributed by atoms with Crippen molar-refractivity contribution in [1.82, 2.24) is 5.32 Å². The fourth-order valence-corrected chi connectivity index (χ4v) is 2.52. The quantitative estimate of drug-likeness (QED) is 0.706. The molecule has 1 rings (SSSR count). The summed E-state index contributed by atoms with van der Waals surface area (Å²) < 4.78 is 0. The summed E-state index contributed by atoms with van der Waals surface area (Å²) in [5, 5.41) is 5.13. The molecule has 0 heterocycles.